The van der Waals surface area contributed by atoms with Crippen molar-refractivity contribution in [3.63, 3.8) is 0 Å². The van der Waals surface area contributed by atoms with E-state index in [4.69, 9.17) is 10.5 Å². The second-order valence-corrected chi connectivity index (χ2v) is 6.37. The van der Waals surface area contributed by atoms with Crippen molar-refractivity contribution in [2.75, 3.05) is 21.2 Å². The lowest BCUT2D eigenvalue weighted by molar-refractivity contribution is 0.396. The predicted molar refractivity (Wildman–Crippen MR) is 86.3 cm³/mol. The third kappa shape index (κ3) is 3.39. The number of methoxy groups -OCH3 is 1. The number of rotatable bonds is 5. The Morgan fingerprint density at radius 1 is 1.25 bits per heavy atom. The van der Waals surface area contributed by atoms with Crippen LogP contribution in [0.25, 0.3) is 10.4 Å². The van der Waals surface area contributed by atoms with Crippen LogP contribution in [0.15, 0.2) is 30.3 Å². The monoisotopic (exact) mass is 290 g/mol. The summed E-state index contributed by atoms with van der Waals surface area (Å²) in [5, 5.41) is 0. The van der Waals surface area contributed by atoms with Crippen molar-refractivity contribution in [2.45, 2.75) is 19.5 Å². The zero-order valence-electron chi connectivity index (χ0n) is 12.5. The molecule has 0 aliphatic rings. The fourth-order valence-corrected chi connectivity index (χ4v) is 3.17. The van der Waals surface area contributed by atoms with E-state index in [9.17, 15) is 0 Å². The molecule has 0 amide bonds. The molecular weight excluding hydrogens is 268 g/mol. The van der Waals surface area contributed by atoms with Gasteiger partial charge in [-0.25, -0.2) is 0 Å². The Bertz CT molecular complexity index is 576. The van der Waals surface area contributed by atoms with Crippen molar-refractivity contribution in [3.05, 3.63) is 40.8 Å². The summed E-state index contributed by atoms with van der Waals surface area (Å²) in [6.45, 7) is 2.91. The summed E-state index contributed by atoms with van der Waals surface area (Å²) in [5.74, 6) is 0.898. The van der Waals surface area contributed by atoms with Crippen LogP contribution in [0.2, 0.25) is 0 Å². The quantitative estimate of drug-likeness (QED) is 0.916. The zero-order valence-corrected chi connectivity index (χ0v) is 13.3. The van der Waals surface area contributed by atoms with Gasteiger partial charge >= 0.3 is 0 Å². The third-order valence-electron chi connectivity index (χ3n) is 3.14. The normalized spacial score (nSPS) is 12.7. The van der Waals surface area contributed by atoms with E-state index >= 15 is 0 Å². The Labute approximate surface area is 125 Å². The first-order chi connectivity index (χ1) is 9.51. The van der Waals surface area contributed by atoms with Crippen LogP contribution >= 0.6 is 11.3 Å². The SMILES string of the molecule is COc1ccc(-c2ccc(C(C)N)s2)c(CN(C)C)c1. The molecule has 3 nitrogen and oxygen atoms in total. The van der Waals surface area contributed by atoms with E-state index in [1.165, 1.54) is 20.9 Å². The topological polar surface area (TPSA) is 38.5 Å². The standard InChI is InChI=1S/C16H22N2OS/c1-11(17)15-7-8-16(20-15)14-6-5-13(19-4)9-12(14)10-18(2)3/h5-9,11H,10,17H2,1-4H3. The van der Waals surface area contributed by atoms with Crippen LogP contribution in [0.3, 0.4) is 0 Å². The van der Waals surface area contributed by atoms with Gasteiger partial charge in [0.05, 0.1) is 7.11 Å². The van der Waals surface area contributed by atoms with Crippen LogP contribution in [0.5, 0.6) is 5.75 Å². The van der Waals surface area contributed by atoms with Gasteiger partial charge in [-0.2, -0.15) is 0 Å². The van der Waals surface area contributed by atoms with Crippen LogP contribution in [-0.2, 0) is 6.54 Å². The molecule has 2 N–H and O–H groups in total. The molecule has 0 saturated carbocycles. The summed E-state index contributed by atoms with van der Waals surface area (Å²) in [6.07, 6.45) is 0. The van der Waals surface area contributed by atoms with Gasteiger partial charge in [0.2, 0.25) is 0 Å². The number of benzene rings is 1. The highest BCUT2D eigenvalue weighted by Gasteiger charge is 2.11. The number of hydrogen-bond donors (Lipinski definition) is 1. The van der Waals surface area contributed by atoms with Gasteiger partial charge in [-0.15, -0.1) is 11.3 Å². The van der Waals surface area contributed by atoms with Gasteiger partial charge in [-0.1, -0.05) is 0 Å². The van der Waals surface area contributed by atoms with Gasteiger partial charge < -0.3 is 15.4 Å². The highest BCUT2D eigenvalue weighted by molar-refractivity contribution is 7.15. The van der Waals surface area contributed by atoms with Crippen LogP contribution in [-0.4, -0.2) is 26.1 Å². The van der Waals surface area contributed by atoms with Crippen molar-refractivity contribution in [3.8, 4) is 16.2 Å². The molecule has 108 valence electrons. The van der Waals surface area contributed by atoms with E-state index in [2.05, 4.69) is 43.3 Å². The molecule has 1 aromatic heterocycles. The molecule has 0 fully saturated rings. The Balaban J connectivity index is 2.42. The molecule has 0 bridgehead atoms. The van der Waals surface area contributed by atoms with Crippen molar-refractivity contribution < 1.29 is 4.74 Å². The largest absolute Gasteiger partial charge is 0.497 e. The molecule has 0 spiro atoms. The van der Waals surface area contributed by atoms with Crippen molar-refractivity contribution in [1.82, 2.24) is 4.90 Å². The van der Waals surface area contributed by atoms with Crippen molar-refractivity contribution >= 4 is 11.3 Å². The molecule has 2 rings (SSSR count). The summed E-state index contributed by atoms with van der Waals surface area (Å²) in [4.78, 5) is 4.64. The van der Waals surface area contributed by atoms with E-state index < -0.39 is 0 Å². The molecule has 1 heterocycles. The fourth-order valence-electron chi connectivity index (χ4n) is 2.15. The van der Waals surface area contributed by atoms with Gasteiger partial charge in [-0.05, 0) is 62.5 Å². The fraction of sp³-hybridized carbons (Fsp3) is 0.375. The predicted octanol–water partition coefficient (Wildman–Crippen LogP) is 3.51. The van der Waals surface area contributed by atoms with E-state index in [1.807, 2.05) is 13.0 Å². The average Bonchev–Trinajstić information content (AvgIpc) is 2.87. The number of nitrogens with two attached hydrogens (primary N) is 1. The maximum atomic E-state index is 5.95. The van der Waals surface area contributed by atoms with Gasteiger partial charge in [0.15, 0.2) is 0 Å². The lowest BCUT2D eigenvalue weighted by Gasteiger charge is -2.15. The van der Waals surface area contributed by atoms with Gasteiger partial charge in [0.25, 0.3) is 0 Å². The first-order valence-electron chi connectivity index (χ1n) is 6.68. The second-order valence-electron chi connectivity index (χ2n) is 5.25. The molecule has 0 aliphatic carbocycles. The van der Waals surface area contributed by atoms with Crippen molar-refractivity contribution in [1.29, 1.82) is 0 Å². The van der Waals surface area contributed by atoms with E-state index in [-0.39, 0.29) is 6.04 Å². The molecular formula is C16H22N2OS. The summed E-state index contributed by atoms with van der Waals surface area (Å²) in [5.41, 5.74) is 8.48. The maximum Gasteiger partial charge on any atom is 0.119 e. The van der Waals surface area contributed by atoms with E-state index in [0.29, 0.717) is 0 Å². The van der Waals surface area contributed by atoms with Crippen molar-refractivity contribution in [2.24, 2.45) is 5.73 Å². The molecule has 1 unspecified atom stereocenters. The summed E-state index contributed by atoms with van der Waals surface area (Å²) < 4.78 is 5.34. The number of hydrogen-bond acceptors (Lipinski definition) is 4. The smallest absolute Gasteiger partial charge is 0.119 e. The molecule has 4 heteroatoms. The molecule has 20 heavy (non-hydrogen) atoms. The molecule has 0 saturated heterocycles. The molecule has 1 atom stereocenters. The van der Waals surface area contributed by atoms with E-state index in [1.54, 1.807) is 18.4 Å². The maximum absolute atomic E-state index is 5.95. The number of ether oxygens (including phenoxy) is 1. The Morgan fingerprint density at radius 2 is 2.00 bits per heavy atom. The van der Waals surface area contributed by atoms with Crippen LogP contribution in [0, 0.1) is 0 Å². The second kappa shape index (κ2) is 6.39. The van der Waals surface area contributed by atoms with Gasteiger partial charge in [0.1, 0.15) is 5.75 Å². The lowest BCUT2D eigenvalue weighted by atomic mass is 10.1. The Hall–Kier alpha value is -1.36. The zero-order chi connectivity index (χ0) is 14.7. The number of nitrogens with zero attached hydrogens (tertiary/aromatic N) is 1. The Morgan fingerprint density at radius 3 is 2.55 bits per heavy atom. The first-order valence-corrected chi connectivity index (χ1v) is 7.50. The number of thiophene rings is 1. The highest BCUT2D eigenvalue weighted by Crippen LogP contribution is 2.34. The molecule has 0 radical (unpaired) electrons. The van der Waals surface area contributed by atoms with E-state index in [0.717, 1.165) is 12.3 Å². The summed E-state index contributed by atoms with van der Waals surface area (Å²) in [6, 6.07) is 10.6. The van der Waals surface area contributed by atoms with Gasteiger partial charge in [-0.3, -0.25) is 0 Å². The minimum atomic E-state index is 0.0873. The Kier molecular flexibility index (Phi) is 4.81. The first kappa shape index (κ1) is 15.0. The van der Waals surface area contributed by atoms with Crippen LogP contribution in [0.4, 0.5) is 0 Å². The van der Waals surface area contributed by atoms with Crippen LogP contribution < -0.4 is 10.5 Å². The minimum Gasteiger partial charge on any atom is -0.497 e. The minimum absolute atomic E-state index is 0.0873. The average molecular weight is 290 g/mol. The summed E-state index contributed by atoms with van der Waals surface area (Å²) >= 11 is 1.76. The van der Waals surface area contributed by atoms with Crippen LogP contribution in [0.1, 0.15) is 23.4 Å². The molecule has 2 aromatic rings. The van der Waals surface area contributed by atoms with Gasteiger partial charge in [0, 0.05) is 22.3 Å². The molecule has 1 aromatic carbocycles. The molecule has 0 aliphatic heterocycles. The third-order valence-corrected chi connectivity index (χ3v) is 4.46. The highest BCUT2D eigenvalue weighted by atomic mass is 32.1. The summed E-state index contributed by atoms with van der Waals surface area (Å²) in [7, 11) is 5.85. The lowest BCUT2D eigenvalue weighted by Crippen LogP contribution is -2.11.